The van der Waals surface area contributed by atoms with Crippen molar-refractivity contribution < 1.29 is 14.7 Å². The fraction of sp³-hybridized carbons (Fsp3) is 0.600. The summed E-state index contributed by atoms with van der Waals surface area (Å²) in [5, 5.41) is 8.87. The normalized spacial score (nSPS) is 16.6. The van der Waals surface area contributed by atoms with E-state index in [0.29, 0.717) is 5.69 Å². The van der Waals surface area contributed by atoms with Crippen LogP contribution in [-0.2, 0) is 11.3 Å². The van der Waals surface area contributed by atoms with Crippen molar-refractivity contribution in [2.24, 2.45) is 0 Å². The Labute approximate surface area is 119 Å². The summed E-state index contributed by atoms with van der Waals surface area (Å²) in [6, 6.07) is 3.69. The monoisotopic (exact) mass is 278 g/mol. The van der Waals surface area contributed by atoms with E-state index in [1.807, 2.05) is 7.05 Å². The molecule has 5 nitrogen and oxygen atoms in total. The van der Waals surface area contributed by atoms with Gasteiger partial charge in [-0.25, -0.2) is 0 Å². The molecule has 1 saturated carbocycles. The number of hydrogen-bond acceptors (Lipinski definition) is 2. The van der Waals surface area contributed by atoms with Crippen molar-refractivity contribution in [3.8, 4) is 0 Å². The smallest absolute Gasteiger partial charge is 0.323 e. The molecule has 0 spiro atoms. The number of carboxylic acid groups (broad SMARTS) is 1. The van der Waals surface area contributed by atoms with E-state index in [1.165, 1.54) is 30.3 Å². The van der Waals surface area contributed by atoms with Gasteiger partial charge in [-0.3, -0.25) is 9.59 Å². The number of carbonyl (C=O) groups excluding carboxylic acids is 1. The van der Waals surface area contributed by atoms with E-state index >= 15 is 0 Å². The average molecular weight is 278 g/mol. The Morgan fingerprint density at radius 1 is 1.30 bits per heavy atom. The lowest BCUT2D eigenvalue weighted by Crippen LogP contribution is -2.38. The molecule has 1 aromatic heterocycles. The number of hydrogen-bond donors (Lipinski definition) is 1. The van der Waals surface area contributed by atoms with Crippen LogP contribution < -0.4 is 0 Å². The summed E-state index contributed by atoms with van der Waals surface area (Å²) < 4.78 is 1.50. The zero-order valence-corrected chi connectivity index (χ0v) is 11.9. The SMILES string of the molecule is CN(C(=O)c1cccn1CC(=O)O)C1CCCCCC1. The van der Waals surface area contributed by atoms with Crippen molar-refractivity contribution in [2.45, 2.75) is 51.1 Å². The number of aromatic nitrogens is 1. The van der Waals surface area contributed by atoms with Crippen LogP contribution in [0.1, 0.15) is 49.0 Å². The van der Waals surface area contributed by atoms with Gasteiger partial charge in [0.15, 0.2) is 0 Å². The van der Waals surface area contributed by atoms with Crippen molar-refractivity contribution in [2.75, 3.05) is 7.05 Å². The van der Waals surface area contributed by atoms with Gasteiger partial charge in [0.05, 0.1) is 0 Å². The molecule has 1 aliphatic rings. The maximum absolute atomic E-state index is 12.5. The van der Waals surface area contributed by atoms with E-state index in [9.17, 15) is 9.59 Å². The van der Waals surface area contributed by atoms with Gasteiger partial charge in [-0.05, 0) is 25.0 Å². The summed E-state index contributed by atoms with van der Waals surface area (Å²) in [5.41, 5.74) is 0.458. The number of nitrogens with zero attached hydrogens (tertiary/aromatic N) is 2. The molecule has 0 aliphatic heterocycles. The molecule has 20 heavy (non-hydrogen) atoms. The molecule has 2 rings (SSSR count). The van der Waals surface area contributed by atoms with Crippen molar-refractivity contribution in [3.05, 3.63) is 24.0 Å². The third-order valence-corrected chi connectivity index (χ3v) is 4.05. The fourth-order valence-corrected chi connectivity index (χ4v) is 2.88. The molecule has 1 aliphatic carbocycles. The fourth-order valence-electron chi connectivity index (χ4n) is 2.88. The second kappa shape index (κ2) is 6.59. The highest BCUT2D eigenvalue weighted by atomic mass is 16.4. The Morgan fingerprint density at radius 2 is 1.95 bits per heavy atom. The minimum absolute atomic E-state index is 0.0804. The third kappa shape index (κ3) is 3.40. The minimum Gasteiger partial charge on any atom is -0.480 e. The molecule has 0 radical (unpaired) electrons. The Hall–Kier alpha value is -1.78. The summed E-state index contributed by atoms with van der Waals surface area (Å²) in [4.78, 5) is 25.1. The number of carbonyl (C=O) groups is 2. The second-order valence-corrected chi connectivity index (χ2v) is 5.48. The van der Waals surface area contributed by atoms with Gasteiger partial charge >= 0.3 is 5.97 Å². The van der Waals surface area contributed by atoms with Gasteiger partial charge in [0, 0.05) is 19.3 Å². The molecule has 0 unspecified atom stereocenters. The molecule has 1 N–H and O–H groups in total. The Bertz CT molecular complexity index is 473. The van der Waals surface area contributed by atoms with Crippen LogP contribution in [0.25, 0.3) is 0 Å². The van der Waals surface area contributed by atoms with Gasteiger partial charge in [0.2, 0.25) is 0 Å². The number of amides is 1. The van der Waals surface area contributed by atoms with E-state index in [1.54, 1.807) is 23.2 Å². The first kappa shape index (κ1) is 14.6. The highest BCUT2D eigenvalue weighted by molar-refractivity contribution is 5.93. The Morgan fingerprint density at radius 3 is 2.55 bits per heavy atom. The summed E-state index contributed by atoms with van der Waals surface area (Å²) in [5.74, 6) is -1.02. The van der Waals surface area contributed by atoms with Crippen LogP contribution in [0, 0.1) is 0 Å². The molecule has 110 valence electrons. The lowest BCUT2D eigenvalue weighted by Gasteiger charge is -2.27. The molecule has 1 fully saturated rings. The largest absolute Gasteiger partial charge is 0.480 e. The average Bonchev–Trinajstić information content (AvgIpc) is 2.70. The minimum atomic E-state index is -0.938. The molecule has 1 aromatic rings. The van der Waals surface area contributed by atoms with Crippen LogP contribution in [0.2, 0.25) is 0 Å². The Kier molecular flexibility index (Phi) is 4.82. The molecule has 0 atom stereocenters. The van der Waals surface area contributed by atoms with E-state index in [4.69, 9.17) is 5.11 Å². The molecule has 0 aromatic carbocycles. The van der Waals surface area contributed by atoms with Crippen molar-refractivity contribution in [3.63, 3.8) is 0 Å². The van der Waals surface area contributed by atoms with Gasteiger partial charge in [-0.1, -0.05) is 25.7 Å². The molecular weight excluding hydrogens is 256 g/mol. The van der Waals surface area contributed by atoms with Gasteiger partial charge in [0.25, 0.3) is 5.91 Å². The predicted octanol–water partition coefficient (Wildman–Crippen LogP) is 2.37. The molecule has 1 heterocycles. The molecule has 0 bridgehead atoms. The topological polar surface area (TPSA) is 62.5 Å². The first-order valence-electron chi connectivity index (χ1n) is 7.23. The first-order chi connectivity index (χ1) is 9.59. The maximum Gasteiger partial charge on any atom is 0.323 e. The quantitative estimate of drug-likeness (QED) is 0.860. The van der Waals surface area contributed by atoms with Gasteiger partial charge in [-0.2, -0.15) is 0 Å². The van der Waals surface area contributed by atoms with Crippen LogP contribution in [0.5, 0.6) is 0 Å². The van der Waals surface area contributed by atoms with E-state index in [0.717, 1.165) is 12.8 Å². The third-order valence-electron chi connectivity index (χ3n) is 4.05. The van der Waals surface area contributed by atoms with E-state index in [2.05, 4.69) is 0 Å². The predicted molar refractivity (Wildman–Crippen MR) is 75.7 cm³/mol. The van der Waals surface area contributed by atoms with Crippen LogP contribution in [0.4, 0.5) is 0 Å². The van der Waals surface area contributed by atoms with Gasteiger partial charge in [-0.15, -0.1) is 0 Å². The van der Waals surface area contributed by atoms with Crippen molar-refractivity contribution in [1.29, 1.82) is 0 Å². The van der Waals surface area contributed by atoms with Crippen LogP contribution in [0.15, 0.2) is 18.3 Å². The lowest BCUT2D eigenvalue weighted by molar-refractivity contribution is -0.137. The van der Waals surface area contributed by atoms with E-state index in [-0.39, 0.29) is 18.5 Å². The molecule has 1 amide bonds. The summed E-state index contributed by atoms with van der Waals surface area (Å²) in [6.07, 6.45) is 8.55. The van der Waals surface area contributed by atoms with Crippen LogP contribution in [0.3, 0.4) is 0 Å². The summed E-state index contributed by atoms with van der Waals surface area (Å²) in [6.45, 7) is -0.174. The summed E-state index contributed by atoms with van der Waals surface area (Å²) in [7, 11) is 1.83. The highest BCUT2D eigenvalue weighted by Crippen LogP contribution is 2.22. The molecule has 0 saturated heterocycles. The summed E-state index contributed by atoms with van der Waals surface area (Å²) >= 11 is 0. The van der Waals surface area contributed by atoms with Crippen LogP contribution >= 0.6 is 0 Å². The number of rotatable bonds is 4. The lowest BCUT2D eigenvalue weighted by atomic mass is 10.1. The second-order valence-electron chi connectivity index (χ2n) is 5.48. The highest BCUT2D eigenvalue weighted by Gasteiger charge is 2.24. The van der Waals surface area contributed by atoms with Gasteiger partial charge in [0.1, 0.15) is 12.2 Å². The zero-order chi connectivity index (χ0) is 14.5. The molecule has 5 heteroatoms. The zero-order valence-electron chi connectivity index (χ0n) is 11.9. The molecular formula is C15H22N2O3. The standard InChI is InChI=1S/C15H22N2O3/c1-16(12-7-4-2-3-5-8-12)15(20)13-9-6-10-17(13)11-14(18)19/h6,9-10,12H,2-5,7-8,11H2,1H3,(H,18,19). The van der Waals surface area contributed by atoms with Crippen molar-refractivity contribution >= 4 is 11.9 Å². The van der Waals surface area contributed by atoms with Crippen molar-refractivity contribution in [1.82, 2.24) is 9.47 Å². The number of aliphatic carboxylic acids is 1. The van der Waals surface area contributed by atoms with Gasteiger partial charge < -0.3 is 14.6 Å². The maximum atomic E-state index is 12.5. The van der Waals surface area contributed by atoms with Crippen LogP contribution in [-0.4, -0.2) is 39.5 Å². The number of carboxylic acids is 1. The Balaban J connectivity index is 2.09. The first-order valence-corrected chi connectivity index (χ1v) is 7.23. The van der Waals surface area contributed by atoms with E-state index < -0.39 is 5.97 Å².